The van der Waals surface area contributed by atoms with Gasteiger partial charge in [0.15, 0.2) is 5.60 Å². The molecule has 3 aliphatic rings. The van der Waals surface area contributed by atoms with Gasteiger partial charge in [-0.1, -0.05) is 0 Å². The van der Waals surface area contributed by atoms with Gasteiger partial charge in [0.2, 0.25) is 0 Å². The highest BCUT2D eigenvalue weighted by Crippen LogP contribution is 2.47. The van der Waals surface area contributed by atoms with Crippen molar-refractivity contribution < 1.29 is 27.8 Å². The van der Waals surface area contributed by atoms with Crippen LogP contribution in [0.15, 0.2) is 36.3 Å². The minimum absolute atomic E-state index is 0.368. The number of alkyl halides is 3. The number of benzene rings is 1. The van der Waals surface area contributed by atoms with Gasteiger partial charge in [0.25, 0.3) is 0 Å². The Morgan fingerprint density at radius 1 is 1.35 bits per heavy atom. The predicted octanol–water partition coefficient (Wildman–Crippen LogP) is 2.70. The molecule has 7 nitrogen and oxygen atoms in total. The van der Waals surface area contributed by atoms with Crippen LogP contribution in [-0.2, 0) is 17.8 Å². The number of aliphatic hydroxyl groups is 1. The van der Waals surface area contributed by atoms with Crippen LogP contribution in [0.25, 0.3) is 10.9 Å². The SMILES string of the molecule is CC(Oc1ccc2ncc3c(c2c1)CCOC3)C1=CN(C2CC(O)(C(F)(F)F)C2)NN1. The first-order chi connectivity index (χ1) is 14.7. The minimum atomic E-state index is -4.62. The lowest BCUT2D eigenvalue weighted by Gasteiger charge is -2.47. The molecule has 2 aliphatic heterocycles. The lowest BCUT2D eigenvalue weighted by Crippen LogP contribution is -2.63. The van der Waals surface area contributed by atoms with E-state index in [1.807, 2.05) is 31.3 Å². The summed E-state index contributed by atoms with van der Waals surface area (Å²) in [7, 11) is 0. The molecule has 0 saturated heterocycles. The zero-order chi connectivity index (χ0) is 21.8. The van der Waals surface area contributed by atoms with Gasteiger partial charge in [-0.25, -0.2) is 0 Å². The smallest absolute Gasteiger partial charge is 0.417 e. The number of nitrogens with one attached hydrogen (secondary N) is 2. The molecular weight excluding hydrogens is 413 g/mol. The predicted molar refractivity (Wildman–Crippen MR) is 105 cm³/mol. The zero-order valence-corrected chi connectivity index (χ0v) is 16.9. The lowest BCUT2D eigenvalue weighted by atomic mass is 9.75. The van der Waals surface area contributed by atoms with Crippen LogP contribution in [0.1, 0.15) is 30.9 Å². The fraction of sp³-hybridized carbons (Fsp3) is 0.476. The van der Waals surface area contributed by atoms with Gasteiger partial charge in [-0.3, -0.25) is 9.99 Å². The summed E-state index contributed by atoms with van der Waals surface area (Å²) in [5.41, 5.74) is 7.08. The van der Waals surface area contributed by atoms with E-state index in [9.17, 15) is 18.3 Å². The molecule has 1 aromatic heterocycles. The second kappa shape index (κ2) is 7.25. The molecule has 1 aromatic carbocycles. The Morgan fingerprint density at radius 2 is 2.16 bits per heavy atom. The topological polar surface area (TPSA) is 78.9 Å². The Kier molecular flexibility index (Phi) is 4.76. The van der Waals surface area contributed by atoms with Gasteiger partial charge in [0.1, 0.15) is 11.9 Å². The van der Waals surface area contributed by atoms with E-state index >= 15 is 0 Å². The first-order valence-corrected chi connectivity index (χ1v) is 10.2. The van der Waals surface area contributed by atoms with Gasteiger partial charge in [0.05, 0.1) is 30.5 Å². The van der Waals surface area contributed by atoms with E-state index in [2.05, 4.69) is 15.9 Å². The van der Waals surface area contributed by atoms with Gasteiger partial charge in [-0.2, -0.15) is 13.2 Å². The second-order valence-electron chi connectivity index (χ2n) is 8.32. The van der Waals surface area contributed by atoms with E-state index in [4.69, 9.17) is 9.47 Å². The maximum atomic E-state index is 12.9. The number of aromatic nitrogens is 1. The minimum Gasteiger partial charge on any atom is -0.484 e. The molecule has 1 aliphatic carbocycles. The summed E-state index contributed by atoms with van der Waals surface area (Å²) in [5, 5.41) is 12.3. The number of hydrogen-bond donors (Lipinski definition) is 3. The maximum absolute atomic E-state index is 12.9. The Balaban J connectivity index is 1.28. The van der Waals surface area contributed by atoms with Crippen molar-refractivity contribution in [3.63, 3.8) is 0 Å². The van der Waals surface area contributed by atoms with Gasteiger partial charge in [0, 0.05) is 30.6 Å². The largest absolute Gasteiger partial charge is 0.484 e. The molecule has 166 valence electrons. The second-order valence-corrected chi connectivity index (χ2v) is 8.32. The standard InChI is InChI=1S/C21H23F3N4O3/c1-12(19-10-28(27-26-19)14-7-20(29,8-14)21(22,23)24)31-15-2-3-18-17(6-15)16-4-5-30-11-13(16)9-25-18/h2-3,6,9-10,12,14,26-27,29H,4-5,7-8,11H2,1H3. The van der Waals surface area contributed by atoms with Crippen molar-refractivity contribution >= 4 is 10.9 Å². The van der Waals surface area contributed by atoms with Crippen LogP contribution < -0.4 is 15.7 Å². The van der Waals surface area contributed by atoms with Crippen molar-refractivity contribution in [2.45, 2.75) is 56.7 Å². The molecule has 0 radical (unpaired) electrons. The molecule has 1 atom stereocenters. The Morgan fingerprint density at radius 3 is 2.94 bits per heavy atom. The number of hydrogen-bond acceptors (Lipinski definition) is 7. The van der Waals surface area contributed by atoms with Gasteiger partial charge in [-0.15, -0.1) is 5.53 Å². The number of pyridine rings is 1. The molecule has 3 heterocycles. The highest BCUT2D eigenvalue weighted by Gasteiger charge is 2.62. The summed E-state index contributed by atoms with van der Waals surface area (Å²) in [6, 6.07) is 5.29. The number of fused-ring (bicyclic) bond motifs is 3. The summed E-state index contributed by atoms with van der Waals surface area (Å²) in [5.74, 6) is 0.679. The van der Waals surface area contributed by atoms with E-state index in [0.717, 1.165) is 22.9 Å². The highest BCUT2D eigenvalue weighted by atomic mass is 19.4. The molecule has 0 bridgehead atoms. The normalized spacial score (nSPS) is 26.7. The third-order valence-corrected chi connectivity index (χ3v) is 6.22. The van der Waals surface area contributed by atoms with Gasteiger partial charge in [-0.05, 0) is 42.7 Å². The summed E-state index contributed by atoms with van der Waals surface area (Å²) in [4.78, 5) is 4.49. The third-order valence-electron chi connectivity index (χ3n) is 6.22. The molecule has 0 spiro atoms. The van der Waals surface area contributed by atoms with Crippen molar-refractivity contribution in [3.8, 4) is 5.75 Å². The monoisotopic (exact) mass is 436 g/mol. The average Bonchev–Trinajstić information content (AvgIpc) is 3.20. The molecule has 3 N–H and O–H groups in total. The maximum Gasteiger partial charge on any atom is 0.417 e. The van der Waals surface area contributed by atoms with E-state index in [-0.39, 0.29) is 18.9 Å². The van der Waals surface area contributed by atoms with Crippen LogP contribution >= 0.6 is 0 Å². The molecule has 10 heteroatoms. The number of hydrazine groups is 2. The molecule has 31 heavy (non-hydrogen) atoms. The quantitative estimate of drug-likeness (QED) is 0.680. The molecule has 1 saturated carbocycles. The number of rotatable bonds is 4. The van der Waals surface area contributed by atoms with Crippen molar-refractivity contribution in [1.29, 1.82) is 0 Å². The molecule has 0 amide bonds. The molecule has 2 aromatic rings. The third kappa shape index (κ3) is 3.58. The molecular formula is C21H23F3N4O3. The van der Waals surface area contributed by atoms with Crippen LogP contribution in [0.4, 0.5) is 13.2 Å². The van der Waals surface area contributed by atoms with E-state index in [1.54, 1.807) is 11.2 Å². The van der Waals surface area contributed by atoms with E-state index < -0.39 is 17.8 Å². The summed E-state index contributed by atoms with van der Waals surface area (Å²) in [6.07, 6.45) is -1.37. The fourth-order valence-electron chi connectivity index (χ4n) is 4.28. The van der Waals surface area contributed by atoms with Crippen LogP contribution in [0.3, 0.4) is 0 Å². The van der Waals surface area contributed by atoms with Gasteiger partial charge < -0.3 is 20.0 Å². The zero-order valence-electron chi connectivity index (χ0n) is 16.9. The van der Waals surface area contributed by atoms with Crippen molar-refractivity contribution in [1.82, 2.24) is 21.0 Å². The average molecular weight is 436 g/mol. The summed E-state index contributed by atoms with van der Waals surface area (Å²) < 4.78 is 50.2. The van der Waals surface area contributed by atoms with Crippen LogP contribution in [0.5, 0.6) is 5.75 Å². The summed E-state index contributed by atoms with van der Waals surface area (Å²) in [6.45, 7) is 3.09. The number of halogens is 3. The van der Waals surface area contributed by atoms with Crippen molar-refractivity contribution in [2.24, 2.45) is 0 Å². The van der Waals surface area contributed by atoms with Crippen LogP contribution in [0.2, 0.25) is 0 Å². The van der Waals surface area contributed by atoms with Gasteiger partial charge >= 0.3 is 6.18 Å². The first kappa shape index (κ1) is 20.3. The van der Waals surface area contributed by atoms with E-state index in [1.165, 1.54) is 5.56 Å². The highest BCUT2D eigenvalue weighted by molar-refractivity contribution is 5.84. The Hall–Kier alpha value is -2.56. The Labute approximate surface area is 176 Å². The van der Waals surface area contributed by atoms with Crippen LogP contribution in [0, 0.1) is 0 Å². The molecule has 1 unspecified atom stereocenters. The number of ether oxygens (including phenoxy) is 2. The van der Waals surface area contributed by atoms with Crippen molar-refractivity contribution in [3.05, 3.63) is 47.4 Å². The lowest BCUT2D eigenvalue weighted by molar-refractivity contribution is -0.299. The van der Waals surface area contributed by atoms with Crippen molar-refractivity contribution in [2.75, 3.05) is 6.61 Å². The summed E-state index contributed by atoms with van der Waals surface area (Å²) >= 11 is 0. The number of nitrogens with zero attached hydrogens (tertiary/aromatic N) is 2. The van der Waals surface area contributed by atoms with Crippen LogP contribution in [-0.4, -0.2) is 45.6 Å². The van der Waals surface area contributed by atoms with E-state index in [0.29, 0.717) is 24.7 Å². The molecule has 1 fully saturated rings. The fourth-order valence-corrected chi connectivity index (χ4v) is 4.28. The molecule has 5 rings (SSSR count). The Bertz CT molecular complexity index is 1040. The first-order valence-electron chi connectivity index (χ1n) is 10.2.